The van der Waals surface area contributed by atoms with Gasteiger partial charge in [-0.05, 0) is 30.2 Å². The van der Waals surface area contributed by atoms with Crippen LogP contribution < -0.4 is 16.4 Å². The van der Waals surface area contributed by atoms with Gasteiger partial charge in [-0.15, -0.1) is 12.4 Å². The van der Waals surface area contributed by atoms with Gasteiger partial charge in [0.25, 0.3) is 0 Å². The van der Waals surface area contributed by atoms with E-state index in [1.54, 1.807) is 0 Å². The van der Waals surface area contributed by atoms with Crippen LogP contribution >= 0.6 is 12.4 Å². The highest BCUT2D eigenvalue weighted by atomic mass is 35.5. The Balaban J connectivity index is 0.00000364. The van der Waals surface area contributed by atoms with E-state index in [-0.39, 0.29) is 36.3 Å². The molecule has 2 atom stereocenters. The highest BCUT2D eigenvalue weighted by Crippen LogP contribution is 2.20. The lowest BCUT2D eigenvalue weighted by Gasteiger charge is -2.32. The normalized spacial score (nSPS) is 17.8. The predicted molar refractivity (Wildman–Crippen MR) is 111 cm³/mol. The maximum atomic E-state index is 12.3. The summed E-state index contributed by atoms with van der Waals surface area (Å²) in [5.74, 6) is 0.645. The number of carbonyl (C=O) groups is 2. The van der Waals surface area contributed by atoms with E-state index in [1.807, 2.05) is 35.2 Å². The molecule has 2 rings (SSSR count). The number of piperidine rings is 1. The number of likely N-dealkylation sites (tertiary alicyclic amines) is 1. The van der Waals surface area contributed by atoms with E-state index in [9.17, 15) is 9.59 Å². The lowest BCUT2D eigenvalue weighted by atomic mass is 9.94. The third-order valence-electron chi connectivity index (χ3n) is 4.69. The summed E-state index contributed by atoms with van der Waals surface area (Å²) in [5, 5.41) is 5.88. The van der Waals surface area contributed by atoms with E-state index in [1.165, 1.54) is 0 Å². The van der Waals surface area contributed by atoms with Crippen LogP contribution in [0.4, 0.5) is 4.79 Å². The number of nitrogens with two attached hydrogens (primary N) is 1. The van der Waals surface area contributed by atoms with Crippen LogP contribution in [0.3, 0.4) is 0 Å². The minimum Gasteiger partial charge on any atom is -0.354 e. The van der Waals surface area contributed by atoms with Gasteiger partial charge in [0.15, 0.2) is 0 Å². The zero-order chi connectivity index (χ0) is 18.9. The fourth-order valence-electron chi connectivity index (χ4n) is 3.20. The Hall–Kier alpha value is -1.79. The zero-order valence-electron chi connectivity index (χ0n) is 16.3. The van der Waals surface area contributed by atoms with Gasteiger partial charge in [0.05, 0.1) is 0 Å². The van der Waals surface area contributed by atoms with E-state index < -0.39 is 0 Å². The molecule has 0 radical (unpaired) electrons. The van der Waals surface area contributed by atoms with Crippen molar-refractivity contribution in [2.24, 2.45) is 17.6 Å². The second-order valence-electron chi connectivity index (χ2n) is 7.56. The van der Waals surface area contributed by atoms with Crippen LogP contribution in [-0.2, 0) is 4.79 Å². The third kappa shape index (κ3) is 8.18. The predicted octanol–water partition coefficient (Wildman–Crippen LogP) is 2.69. The molecule has 1 saturated heterocycles. The number of carbonyl (C=O) groups excluding carboxylic acids is 2. The Kier molecular flexibility index (Phi) is 10.2. The number of benzene rings is 1. The smallest absolute Gasteiger partial charge is 0.317 e. The van der Waals surface area contributed by atoms with Crippen molar-refractivity contribution in [1.29, 1.82) is 0 Å². The van der Waals surface area contributed by atoms with Gasteiger partial charge in [0, 0.05) is 38.6 Å². The van der Waals surface area contributed by atoms with Crippen LogP contribution in [0.2, 0.25) is 0 Å². The third-order valence-corrected chi connectivity index (χ3v) is 4.69. The maximum absolute atomic E-state index is 12.3. The second-order valence-corrected chi connectivity index (χ2v) is 7.56. The molecule has 0 bridgehead atoms. The topological polar surface area (TPSA) is 87.5 Å². The summed E-state index contributed by atoms with van der Waals surface area (Å²) in [4.78, 5) is 26.3. The minimum absolute atomic E-state index is 0. The Bertz CT molecular complexity index is 583. The quantitative estimate of drug-likeness (QED) is 0.662. The molecular weight excluding hydrogens is 364 g/mol. The molecule has 7 heteroatoms. The Morgan fingerprint density at radius 3 is 2.56 bits per heavy atom. The summed E-state index contributed by atoms with van der Waals surface area (Å²) < 4.78 is 0. The van der Waals surface area contributed by atoms with Gasteiger partial charge in [-0.25, -0.2) is 4.79 Å². The van der Waals surface area contributed by atoms with Gasteiger partial charge in [-0.2, -0.15) is 0 Å². The van der Waals surface area contributed by atoms with Crippen molar-refractivity contribution in [3.8, 4) is 0 Å². The number of halogens is 1. The number of hydrogen-bond acceptors (Lipinski definition) is 3. The van der Waals surface area contributed by atoms with Crippen LogP contribution in [-0.4, -0.2) is 43.0 Å². The van der Waals surface area contributed by atoms with Crippen molar-refractivity contribution in [1.82, 2.24) is 15.5 Å². The van der Waals surface area contributed by atoms with E-state index in [0.717, 1.165) is 24.9 Å². The lowest BCUT2D eigenvalue weighted by molar-refractivity contribution is -0.122. The van der Waals surface area contributed by atoms with E-state index in [2.05, 4.69) is 24.5 Å². The maximum Gasteiger partial charge on any atom is 0.317 e. The first-order valence-electron chi connectivity index (χ1n) is 9.55. The second kappa shape index (κ2) is 11.8. The highest BCUT2D eigenvalue weighted by molar-refractivity contribution is 5.85. The number of rotatable bonds is 7. The first-order chi connectivity index (χ1) is 12.5. The molecule has 6 nitrogen and oxygen atoms in total. The van der Waals surface area contributed by atoms with Gasteiger partial charge in [0.2, 0.25) is 5.91 Å². The average Bonchev–Trinajstić information content (AvgIpc) is 2.65. The summed E-state index contributed by atoms with van der Waals surface area (Å²) >= 11 is 0. The molecule has 2 unspecified atom stereocenters. The molecule has 4 N–H and O–H groups in total. The van der Waals surface area contributed by atoms with Crippen LogP contribution in [0.15, 0.2) is 30.3 Å². The number of hydrogen-bond donors (Lipinski definition) is 3. The van der Waals surface area contributed by atoms with Crippen molar-refractivity contribution in [3.05, 3.63) is 35.9 Å². The van der Waals surface area contributed by atoms with Gasteiger partial charge in [-0.3, -0.25) is 4.79 Å². The molecular formula is C20H33ClN4O2. The van der Waals surface area contributed by atoms with Crippen molar-refractivity contribution < 1.29 is 9.59 Å². The summed E-state index contributed by atoms with van der Waals surface area (Å²) in [5.41, 5.74) is 7.13. The Morgan fingerprint density at radius 2 is 1.89 bits per heavy atom. The molecule has 1 aromatic rings. The number of amides is 3. The molecule has 0 saturated carbocycles. The molecule has 0 aromatic heterocycles. The lowest BCUT2D eigenvalue weighted by Crippen LogP contribution is -2.47. The van der Waals surface area contributed by atoms with Crippen molar-refractivity contribution in [2.75, 3.05) is 26.2 Å². The standard InChI is InChI=1S/C20H32N4O2.ClH/c1-15(2)12-23-20(26)24-10-6-7-16(14-24)11-19(25)22-13-18(21)17-8-4-3-5-9-17;/h3-5,8-9,15-16,18H,6-7,10-14,21H2,1-2H3,(H,22,25)(H,23,26);1H. The molecule has 27 heavy (non-hydrogen) atoms. The van der Waals surface area contributed by atoms with Crippen molar-refractivity contribution >= 4 is 24.3 Å². The molecule has 3 amide bonds. The molecule has 0 aliphatic carbocycles. The number of urea groups is 1. The first-order valence-corrected chi connectivity index (χ1v) is 9.55. The first kappa shape index (κ1) is 23.2. The summed E-state index contributed by atoms with van der Waals surface area (Å²) in [6, 6.07) is 9.54. The number of nitrogens with zero attached hydrogens (tertiary/aromatic N) is 1. The van der Waals surface area contributed by atoms with Crippen LogP contribution in [0.25, 0.3) is 0 Å². The van der Waals surface area contributed by atoms with Crippen LogP contribution in [0.1, 0.15) is 44.7 Å². The zero-order valence-corrected chi connectivity index (χ0v) is 17.1. The molecule has 1 aliphatic heterocycles. The average molecular weight is 397 g/mol. The van der Waals surface area contributed by atoms with Crippen molar-refractivity contribution in [2.45, 2.75) is 39.2 Å². The van der Waals surface area contributed by atoms with E-state index in [4.69, 9.17) is 5.73 Å². The van der Waals surface area contributed by atoms with Gasteiger partial charge >= 0.3 is 6.03 Å². The summed E-state index contributed by atoms with van der Waals surface area (Å²) in [6.45, 7) is 6.66. The Morgan fingerprint density at radius 1 is 1.19 bits per heavy atom. The molecule has 1 fully saturated rings. The Labute approximate surface area is 168 Å². The van der Waals surface area contributed by atoms with Crippen LogP contribution in [0, 0.1) is 11.8 Å². The van der Waals surface area contributed by atoms with Gasteiger partial charge in [0.1, 0.15) is 0 Å². The monoisotopic (exact) mass is 396 g/mol. The highest BCUT2D eigenvalue weighted by Gasteiger charge is 2.25. The SMILES string of the molecule is CC(C)CNC(=O)N1CCCC(CC(=O)NCC(N)c2ccccc2)C1.Cl. The fourth-order valence-corrected chi connectivity index (χ4v) is 3.20. The molecule has 1 heterocycles. The van der Waals surface area contributed by atoms with Crippen LogP contribution in [0.5, 0.6) is 0 Å². The van der Waals surface area contributed by atoms with E-state index >= 15 is 0 Å². The van der Waals surface area contributed by atoms with Gasteiger partial charge < -0.3 is 21.3 Å². The minimum atomic E-state index is -0.204. The number of nitrogens with one attached hydrogen (secondary N) is 2. The van der Waals surface area contributed by atoms with E-state index in [0.29, 0.717) is 32.0 Å². The molecule has 0 spiro atoms. The molecule has 152 valence electrons. The van der Waals surface area contributed by atoms with Crippen molar-refractivity contribution in [3.63, 3.8) is 0 Å². The fraction of sp³-hybridized carbons (Fsp3) is 0.600. The summed E-state index contributed by atoms with van der Waals surface area (Å²) in [7, 11) is 0. The molecule has 1 aliphatic rings. The molecule has 1 aromatic carbocycles. The largest absolute Gasteiger partial charge is 0.354 e. The summed E-state index contributed by atoms with van der Waals surface area (Å²) in [6.07, 6.45) is 2.36. The van der Waals surface area contributed by atoms with Gasteiger partial charge in [-0.1, -0.05) is 44.2 Å².